The third-order valence-electron chi connectivity index (χ3n) is 3.91. The molecule has 0 spiro atoms. The first-order valence-electron chi connectivity index (χ1n) is 8.78. The predicted molar refractivity (Wildman–Crippen MR) is 105 cm³/mol. The first kappa shape index (κ1) is 23.2. The number of halogens is 2. The van der Waals surface area contributed by atoms with E-state index >= 15 is 0 Å². The Hall–Kier alpha value is -2.06. The molecule has 0 saturated carbocycles. The molecule has 0 amide bonds. The first-order chi connectivity index (χ1) is 13.3. The van der Waals surface area contributed by atoms with E-state index in [9.17, 15) is 0 Å². The van der Waals surface area contributed by atoms with Crippen molar-refractivity contribution in [1.82, 2.24) is 0 Å². The molecule has 0 aliphatic carbocycles. The molecule has 2 nitrogen and oxygen atoms in total. The number of hydrogen-bond donors (Lipinski definition) is 0. The van der Waals surface area contributed by atoms with Crippen molar-refractivity contribution in [1.29, 1.82) is 0 Å². The summed E-state index contributed by atoms with van der Waals surface area (Å²) in [4.78, 5) is 0. The van der Waals surface area contributed by atoms with Crippen LogP contribution < -0.4 is 40.8 Å². The Bertz CT molecular complexity index is 928. The van der Waals surface area contributed by atoms with E-state index in [0.29, 0.717) is 0 Å². The van der Waals surface area contributed by atoms with Crippen LogP contribution in [0.3, 0.4) is 0 Å². The summed E-state index contributed by atoms with van der Waals surface area (Å²) in [5.41, 5.74) is 0. The second-order valence-electron chi connectivity index (χ2n) is 6.01. The van der Waals surface area contributed by atoms with Gasteiger partial charge in [-0.3, -0.25) is 0 Å². The monoisotopic (exact) mass is 498 g/mol. The van der Waals surface area contributed by atoms with Crippen LogP contribution in [0.4, 0.5) is 0 Å². The van der Waals surface area contributed by atoms with Crippen molar-refractivity contribution in [3.8, 4) is 23.0 Å². The molecule has 0 aromatic heterocycles. The van der Waals surface area contributed by atoms with Gasteiger partial charge in [-0.05, 0) is 0 Å². The summed E-state index contributed by atoms with van der Waals surface area (Å²) in [5, 5.41) is 0. The SMILES string of the molecule is [Cl-].[Cl-].c1ccc(Oc2ccc[c]([Zr+2][c]3cccc(Oc4ccccc4)c3)c2)cc1. The van der Waals surface area contributed by atoms with E-state index < -0.39 is 23.2 Å². The summed E-state index contributed by atoms with van der Waals surface area (Å²) >= 11 is -0.936. The summed E-state index contributed by atoms with van der Waals surface area (Å²) in [6.45, 7) is 0. The first-order valence-corrected chi connectivity index (χ1v) is 11.2. The molecule has 144 valence electrons. The summed E-state index contributed by atoms with van der Waals surface area (Å²) in [6, 6.07) is 36.6. The number of para-hydroxylation sites is 2. The maximum atomic E-state index is 5.96. The fraction of sp³-hybridized carbons (Fsp3) is 0. The van der Waals surface area contributed by atoms with E-state index in [1.165, 1.54) is 6.54 Å². The number of benzene rings is 4. The number of hydrogen-bond acceptors (Lipinski definition) is 2. The molecule has 0 N–H and O–H groups in total. The average molecular weight is 501 g/mol. The van der Waals surface area contributed by atoms with Gasteiger partial charge in [-0.15, -0.1) is 0 Å². The zero-order chi connectivity index (χ0) is 18.3. The molecule has 4 rings (SSSR count). The standard InChI is InChI=1S/2C12H9O.2ClH.Zr/c2*1-3-7-11(8-4-1)13-12-9-5-2-6-10-12;;;/h2*1-5,7-10H;2*1H;/q;;;;+2/p-2. The Balaban J connectivity index is 0.00000150. The van der Waals surface area contributed by atoms with E-state index in [4.69, 9.17) is 9.47 Å². The fourth-order valence-corrected chi connectivity index (χ4v) is 5.45. The quantitative estimate of drug-likeness (QED) is 0.349. The molecule has 0 atom stereocenters. The van der Waals surface area contributed by atoms with Gasteiger partial charge in [0.05, 0.1) is 0 Å². The van der Waals surface area contributed by atoms with Crippen LogP contribution in [0.1, 0.15) is 0 Å². The van der Waals surface area contributed by atoms with Crippen LogP contribution in [-0.2, 0) is 23.2 Å². The molecular formula is C24H18Cl2O2Zr. The summed E-state index contributed by atoms with van der Waals surface area (Å²) in [6.07, 6.45) is 0. The Kier molecular flexibility index (Phi) is 9.47. The Labute approximate surface area is 195 Å². The van der Waals surface area contributed by atoms with Gasteiger partial charge in [0.2, 0.25) is 0 Å². The molecule has 5 heteroatoms. The molecule has 0 unspecified atom stereocenters. The number of ether oxygens (including phenoxy) is 2. The van der Waals surface area contributed by atoms with E-state index in [1.54, 1.807) is 0 Å². The van der Waals surface area contributed by atoms with Gasteiger partial charge in [0.1, 0.15) is 0 Å². The van der Waals surface area contributed by atoms with Gasteiger partial charge in [-0.25, -0.2) is 0 Å². The number of rotatable bonds is 6. The van der Waals surface area contributed by atoms with Gasteiger partial charge in [-0.2, -0.15) is 0 Å². The summed E-state index contributed by atoms with van der Waals surface area (Å²) in [7, 11) is 0. The minimum atomic E-state index is -0.936. The zero-order valence-corrected chi connectivity index (χ0v) is 19.4. The Morgan fingerprint density at radius 3 is 1.21 bits per heavy atom. The van der Waals surface area contributed by atoms with Crippen molar-refractivity contribution in [3.63, 3.8) is 0 Å². The van der Waals surface area contributed by atoms with Gasteiger partial charge in [0.25, 0.3) is 0 Å². The van der Waals surface area contributed by atoms with Crippen molar-refractivity contribution < 1.29 is 57.5 Å². The second-order valence-corrected chi connectivity index (χ2v) is 9.46. The molecular weight excluding hydrogens is 482 g/mol. The van der Waals surface area contributed by atoms with Crippen LogP contribution in [0.2, 0.25) is 0 Å². The van der Waals surface area contributed by atoms with E-state index in [0.717, 1.165) is 23.0 Å². The minimum absolute atomic E-state index is 0. The van der Waals surface area contributed by atoms with E-state index in [-0.39, 0.29) is 24.8 Å². The summed E-state index contributed by atoms with van der Waals surface area (Å²) < 4.78 is 14.7. The van der Waals surface area contributed by atoms with Gasteiger partial charge >= 0.3 is 171 Å². The molecule has 0 fully saturated rings. The van der Waals surface area contributed by atoms with Gasteiger partial charge in [0.15, 0.2) is 0 Å². The Morgan fingerprint density at radius 1 is 0.414 bits per heavy atom. The molecule has 29 heavy (non-hydrogen) atoms. The molecule has 0 radical (unpaired) electrons. The van der Waals surface area contributed by atoms with Crippen LogP contribution in [0, 0.1) is 0 Å². The van der Waals surface area contributed by atoms with Crippen LogP contribution in [0.25, 0.3) is 0 Å². The normalized spacial score (nSPS) is 9.38. The molecule has 4 aromatic carbocycles. The molecule has 0 heterocycles. The van der Waals surface area contributed by atoms with Gasteiger partial charge < -0.3 is 24.8 Å². The van der Waals surface area contributed by atoms with E-state index in [2.05, 4.69) is 36.4 Å². The predicted octanol–water partition coefficient (Wildman–Crippen LogP) is -0.687. The fourth-order valence-electron chi connectivity index (χ4n) is 2.69. The van der Waals surface area contributed by atoms with Crippen LogP contribution in [0.5, 0.6) is 23.0 Å². The van der Waals surface area contributed by atoms with Gasteiger partial charge in [0, 0.05) is 0 Å². The molecule has 4 aromatic rings. The molecule has 0 aliphatic rings. The van der Waals surface area contributed by atoms with Crippen molar-refractivity contribution >= 4 is 6.54 Å². The van der Waals surface area contributed by atoms with Gasteiger partial charge in [-0.1, -0.05) is 0 Å². The van der Waals surface area contributed by atoms with Crippen molar-refractivity contribution in [2.45, 2.75) is 0 Å². The van der Waals surface area contributed by atoms with Crippen LogP contribution >= 0.6 is 0 Å². The van der Waals surface area contributed by atoms with Crippen molar-refractivity contribution in [3.05, 3.63) is 109 Å². The Morgan fingerprint density at radius 2 is 0.793 bits per heavy atom. The summed E-state index contributed by atoms with van der Waals surface area (Å²) in [5.74, 6) is 3.49. The third-order valence-corrected chi connectivity index (χ3v) is 6.86. The van der Waals surface area contributed by atoms with Crippen molar-refractivity contribution in [2.75, 3.05) is 0 Å². The van der Waals surface area contributed by atoms with Crippen molar-refractivity contribution in [2.24, 2.45) is 0 Å². The van der Waals surface area contributed by atoms with Crippen LogP contribution in [0.15, 0.2) is 109 Å². The molecule has 0 aliphatic heterocycles. The second kappa shape index (κ2) is 11.8. The van der Waals surface area contributed by atoms with E-state index in [1.807, 2.05) is 72.8 Å². The van der Waals surface area contributed by atoms with Crippen LogP contribution in [-0.4, -0.2) is 0 Å². The zero-order valence-electron chi connectivity index (χ0n) is 15.5. The average Bonchev–Trinajstić information content (AvgIpc) is 2.70. The molecule has 0 saturated heterocycles. The third kappa shape index (κ3) is 7.05. The maximum absolute atomic E-state index is 5.96. The topological polar surface area (TPSA) is 18.5 Å². The molecule has 0 bridgehead atoms.